The molecule has 2 rings (SSSR count). The molecular formula is C12H18N4O. The molecule has 2 atom stereocenters. The molecule has 92 valence electrons. The lowest BCUT2D eigenvalue weighted by atomic mass is 10.2. The molecule has 1 amide bonds. The molecule has 0 saturated carbocycles. The normalized spacial score (nSPS) is 23.8. The summed E-state index contributed by atoms with van der Waals surface area (Å²) in [5, 5.41) is 0. The summed E-state index contributed by atoms with van der Waals surface area (Å²) in [5.41, 5.74) is 2.68. The Balaban J connectivity index is 2.29. The van der Waals surface area contributed by atoms with Crippen molar-refractivity contribution in [3.63, 3.8) is 0 Å². The maximum Gasteiger partial charge on any atom is 0.265 e. The summed E-state index contributed by atoms with van der Waals surface area (Å²) in [6.45, 7) is 4.36. The van der Waals surface area contributed by atoms with Crippen LogP contribution < -0.4 is 16.2 Å². The van der Waals surface area contributed by atoms with Crippen LogP contribution in [0.3, 0.4) is 0 Å². The van der Waals surface area contributed by atoms with E-state index in [4.69, 9.17) is 5.84 Å². The van der Waals surface area contributed by atoms with E-state index in [0.717, 1.165) is 18.7 Å². The molecule has 17 heavy (non-hydrogen) atoms. The van der Waals surface area contributed by atoms with Crippen LogP contribution in [0.5, 0.6) is 0 Å². The lowest BCUT2D eigenvalue weighted by Crippen LogP contribution is -2.34. The number of hydrogen-bond acceptors (Lipinski definition) is 4. The second-order valence-corrected chi connectivity index (χ2v) is 4.56. The van der Waals surface area contributed by atoms with E-state index in [1.165, 1.54) is 0 Å². The Labute approximate surface area is 101 Å². The summed E-state index contributed by atoms with van der Waals surface area (Å²) in [5.74, 6) is 5.70. The van der Waals surface area contributed by atoms with Gasteiger partial charge in [-0.3, -0.25) is 10.2 Å². The smallest absolute Gasteiger partial charge is 0.265 e. The van der Waals surface area contributed by atoms with Crippen LogP contribution in [0, 0.1) is 0 Å². The molecule has 1 saturated heterocycles. The molecule has 0 aromatic carbocycles. The Morgan fingerprint density at radius 3 is 2.71 bits per heavy atom. The Bertz CT molecular complexity index is 411. The van der Waals surface area contributed by atoms with E-state index < -0.39 is 0 Å². The molecule has 2 heterocycles. The average molecular weight is 234 g/mol. The molecule has 0 spiro atoms. The van der Waals surface area contributed by atoms with Crippen molar-refractivity contribution in [2.24, 2.45) is 5.84 Å². The zero-order chi connectivity index (χ0) is 12.4. The van der Waals surface area contributed by atoms with Crippen molar-refractivity contribution < 1.29 is 4.79 Å². The number of nitrogens with two attached hydrogens (primary N) is 1. The highest BCUT2D eigenvalue weighted by molar-refractivity contribution is 5.94. The summed E-state index contributed by atoms with van der Waals surface area (Å²) in [6, 6.07) is 4.39. The predicted molar refractivity (Wildman–Crippen MR) is 66.5 cm³/mol. The topological polar surface area (TPSA) is 71.2 Å². The molecule has 2 unspecified atom stereocenters. The zero-order valence-electron chi connectivity index (χ0n) is 10.2. The van der Waals surface area contributed by atoms with E-state index in [9.17, 15) is 4.79 Å². The van der Waals surface area contributed by atoms with E-state index in [1.54, 1.807) is 18.3 Å². The summed E-state index contributed by atoms with van der Waals surface area (Å²) >= 11 is 0. The highest BCUT2D eigenvalue weighted by atomic mass is 16.2. The van der Waals surface area contributed by atoms with Gasteiger partial charge in [0.1, 0.15) is 5.82 Å². The van der Waals surface area contributed by atoms with E-state index in [-0.39, 0.29) is 5.91 Å². The van der Waals surface area contributed by atoms with Gasteiger partial charge in [0.25, 0.3) is 5.91 Å². The maximum absolute atomic E-state index is 11.5. The number of rotatable bonds is 2. The summed E-state index contributed by atoms with van der Waals surface area (Å²) < 4.78 is 0. The van der Waals surface area contributed by atoms with Crippen molar-refractivity contribution in [2.75, 3.05) is 4.90 Å². The van der Waals surface area contributed by atoms with Gasteiger partial charge >= 0.3 is 0 Å². The minimum Gasteiger partial charge on any atom is -0.351 e. The number of aromatic nitrogens is 1. The third-order valence-electron chi connectivity index (χ3n) is 3.36. The third kappa shape index (κ3) is 2.24. The SMILES string of the molecule is CC1CCC(C)N1c1cc(C(=O)NN)ccn1. The fourth-order valence-corrected chi connectivity index (χ4v) is 2.43. The molecule has 1 aliphatic heterocycles. The second kappa shape index (κ2) is 4.71. The first-order valence-electron chi connectivity index (χ1n) is 5.89. The molecule has 1 fully saturated rings. The largest absolute Gasteiger partial charge is 0.351 e. The number of anilines is 1. The van der Waals surface area contributed by atoms with Crippen LogP contribution in [0.15, 0.2) is 18.3 Å². The zero-order valence-corrected chi connectivity index (χ0v) is 10.2. The Hall–Kier alpha value is -1.62. The highest BCUT2D eigenvalue weighted by Crippen LogP contribution is 2.28. The van der Waals surface area contributed by atoms with Crippen LogP contribution in [-0.2, 0) is 0 Å². The Kier molecular flexibility index (Phi) is 3.28. The lowest BCUT2D eigenvalue weighted by Gasteiger charge is -2.27. The van der Waals surface area contributed by atoms with E-state index >= 15 is 0 Å². The lowest BCUT2D eigenvalue weighted by molar-refractivity contribution is 0.0953. The Morgan fingerprint density at radius 1 is 1.47 bits per heavy atom. The van der Waals surface area contributed by atoms with Crippen molar-refractivity contribution in [1.82, 2.24) is 10.4 Å². The van der Waals surface area contributed by atoms with Gasteiger partial charge in [0.2, 0.25) is 0 Å². The van der Waals surface area contributed by atoms with Crippen LogP contribution in [0.25, 0.3) is 0 Å². The van der Waals surface area contributed by atoms with E-state index in [0.29, 0.717) is 17.6 Å². The number of hydrogen-bond donors (Lipinski definition) is 2. The van der Waals surface area contributed by atoms with Gasteiger partial charge in [-0.2, -0.15) is 0 Å². The molecule has 1 aliphatic rings. The van der Waals surface area contributed by atoms with Gasteiger partial charge in [-0.25, -0.2) is 10.8 Å². The molecule has 0 radical (unpaired) electrons. The van der Waals surface area contributed by atoms with Gasteiger partial charge in [0.05, 0.1) is 0 Å². The van der Waals surface area contributed by atoms with Crippen LogP contribution in [0.2, 0.25) is 0 Å². The number of carbonyl (C=O) groups is 1. The minimum absolute atomic E-state index is 0.284. The molecule has 5 nitrogen and oxygen atoms in total. The first-order chi connectivity index (χ1) is 8.13. The second-order valence-electron chi connectivity index (χ2n) is 4.56. The number of carbonyl (C=O) groups excluding carboxylic acids is 1. The summed E-state index contributed by atoms with van der Waals surface area (Å²) in [7, 11) is 0. The first-order valence-corrected chi connectivity index (χ1v) is 5.89. The average Bonchev–Trinajstić information content (AvgIpc) is 2.68. The number of hydrazine groups is 1. The maximum atomic E-state index is 11.5. The first kappa shape index (κ1) is 11.9. The van der Waals surface area contributed by atoms with Crippen molar-refractivity contribution in [3.8, 4) is 0 Å². The molecule has 0 bridgehead atoms. The number of nitrogens with one attached hydrogen (secondary N) is 1. The van der Waals surface area contributed by atoms with Gasteiger partial charge in [-0.15, -0.1) is 0 Å². The molecule has 5 heteroatoms. The third-order valence-corrected chi connectivity index (χ3v) is 3.36. The number of pyridine rings is 1. The quantitative estimate of drug-likeness (QED) is 0.456. The van der Waals surface area contributed by atoms with Gasteiger partial charge in [0.15, 0.2) is 0 Å². The Morgan fingerprint density at radius 2 is 2.12 bits per heavy atom. The van der Waals surface area contributed by atoms with Crippen LogP contribution in [0.4, 0.5) is 5.82 Å². The predicted octanol–water partition coefficient (Wildman–Crippen LogP) is 1.06. The molecule has 0 aliphatic carbocycles. The monoisotopic (exact) mass is 234 g/mol. The van der Waals surface area contributed by atoms with Crippen molar-refractivity contribution >= 4 is 11.7 Å². The molecule has 3 N–H and O–H groups in total. The van der Waals surface area contributed by atoms with Gasteiger partial charge in [-0.1, -0.05) is 0 Å². The van der Waals surface area contributed by atoms with E-state index in [1.807, 2.05) is 0 Å². The summed E-state index contributed by atoms with van der Waals surface area (Å²) in [6.07, 6.45) is 3.98. The standard InChI is InChI=1S/C12H18N4O/c1-8-3-4-9(2)16(8)11-7-10(5-6-14-11)12(17)15-13/h5-9H,3-4,13H2,1-2H3,(H,15,17). The molecule has 1 aromatic rings. The van der Waals surface area contributed by atoms with Gasteiger partial charge in [0, 0.05) is 23.8 Å². The van der Waals surface area contributed by atoms with Crippen molar-refractivity contribution in [3.05, 3.63) is 23.9 Å². The minimum atomic E-state index is -0.284. The van der Waals surface area contributed by atoms with Crippen LogP contribution >= 0.6 is 0 Å². The number of nitrogens with zero attached hydrogens (tertiary/aromatic N) is 2. The highest BCUT2D eigenvalue weighted by Gasteiger charge is 2.28. The van der Waals surface area contributed by atoms with E-state index in [2.05, 4.69) is 29.2 Å². The van der Waals surface area contributed by atoms with Crippen molar-refractivity contribution in [1.29, 1.82) is 0 Å². The fourth-order valence-electron chi connectivity index (χ4n) is 2.43. The fraction of sp³-hybridized carbons (Fsp3) is 0.500. The van der Waals surface area contributed by atoms with Gasteiger partial charge in [-0.05, 0) is 38.8 Å². The van der Waals surface area contributed by atoms with Gasteiger partial charge < -0.3 is 4.90 Å². The number of amides is 1. The van der Waals surface area contributed by atoms with Crippen LogP contribution in [-0.4, -0.2) is 23.0 Å². The van der Waals surface area contributed by atoms with Crippen LogP contribution in [0.1, 0.15) is 37.0 Å². The molecular weight excluding hydrogens is 216 g/mol. The number of nitrogen functional groups attached to an aromatic ring is 1. The van der Waals surface area contributed by atoms with Crippen molar-refractivity contribution in [2.45, 2.75) is 38.8 Å². The summed E-state index contributed by atoms with van der Waals surface area (Å²) in [4.78, 5) is 18.1. The molecule has 1 aromatic heterocycles.